The van der Waals surface area contributed by atoms with Gasteiger partial charge in [-0.15, -0.1) is 0 Å². The number of hydrogen-bond acceptors (Lipinski definition) is 2. The van der Waals surface area contributed by atoms with Crippen molar-refractivity contribution in [2.45, 2.75) is 13.2 Å². The van der Waals surface area contributed by atoms with Crippen molar-refractivity contribution in [1.29, 1.82) is 0 Å². The first-order valence-electron chi connectivity index (χ1n) is 5.57. The van der Waals surface area contributed by atoms with Crippen LogP contribution in [-0.2, 0) is 13.2 Å². The summed E-state index contributed by atoms with van der Waals surface area (Å²) in [4.78, 5) is 0. The van der Waals surface area contributed by atoms with Gasteiger partial charge in [0.2, 0.25) is 0 Å². The summed E-state index contributed by atoms with van der Waals surface area (Å²) in [5.41, 5.74) is 1.00. The van der Waals surface area contributed by atoms with E-state index in [9.17, 15) is 9.50 Å². The maximum Gasteiger partial charge on any atom is 0.148 e. The Morgan fingerprint density at radius 3 is 2.58 bits per heavy atom. The number of aliphatic hydroxyl groups is 1. The van der Waals surface area contributed by atoms with Crippen LogP contribution in [0.3, 0.4) is 0 Å². The molecule has 0 unspecified atom stereocenters. The second kappa shape index (κ2) is 6.37. The third kappa shape index (κ3) is 3.26. The summed E-state index contributed by atoms with van der Waals surface area (Å²) >= 11 is 9.04. The number of para-hydroxylation sites is 1. The van der Waals surface area contributed by atoms with Gasteiger partial charge in [-0.1, -0.05) is 35.9 Å². The van der Waals surface area contributed by atoms with Gasteiger partial charge in [-0.05, 0) is 28.1 Å². The second-order valence-corrected chi connectivity index (χ2v) is 5.15. The van der Waals surface area contributed by atoms with Gasteiger partial charge in [0, 0.05) is 11.1 Å². The van der Waals surface area contributed by atoms with Gasteiger partial charge in [-0.3, -0.25) is 0 Å². The van der Waals surface area contributed by atoms with Crippen molar-refractivity contribution in [2.75, 3.05) is 0 Å². The van der Waals surface area contributed by atoms with Crippen LogP contribution in [0, 0.1) is 5.82 Å². The minimum absolute atomic E-state index is 0.0437. The van der Waals surface area contributed by atoms with Crippen LogP contribution in [0.1, 0.15) is 11.1 Å². The average Bonchev–Trinajstić information content (AvgIpc) is 2.41. The van der Waals surface area contributed by atoms with Crippen molar-refractivity contribution in [3.8, 4) is 5.75 Å². The molecule has 0 aliphatic rings. The molecule has 2 aromatic carbocycles. The van der Waals surface area contributed by atoms with Crippen LogP contribution in [0.2, 0.25) is 5.02 Å². The fourth-order valence-electron chi connectivity index (χ4n) is 1.65. The van der Waals surface area contributed by atoms with E-state index in [0.717, 1.165) is 0 Å². The van der Waals surface area contributed by atoms with Gasteiger partial charge < -0.3 is 9.84 Å². The molecular weight excluding hydrogens is 335 g/mol. The van der Waals surface area contributed by atoms with E-state index in [1.807, 2.05) is 0 Å². The predicted molar refractivity (Wildman–Crippen MR) is 75.8 cm³/mol. The Hall–Kier alpha value is -1.10. The second-order valence-electron chi connectivity index (χ2n) is 3.89. The highest BCUT2D eigenvalue weighted by molar-refractivity contribution is 9.10. The molecule has 5 heteroatoms. The van der Waals surface area contributed by atoms with Gasteiger partial charge in [0.25, 0.3) is 0 Å². The van der Waals surface area contributed by atoms with Gasteiger partial charge in [0.05, 0.1) is 16.1 Å². The maximum atomic E-state index is 13.7. The molecule has 100 valence electrons. The smallest absolute Gasteiger partial charge is 0.148 e. The van der Waals surface area contributed by atoms with E-state index in [-0.39, 0.29) is 18.2 Å². The van der Waals surface area contributed by atoms with Crippen molar-refractivity contribution >= 4 is 27.5 Å². The Balaban J connectivity index is 2.21. The molecule has 0 aromatic heterocycles. The van der Waals surface area contributed by atoms with E-state index in [4.69, 9.17) is 16.3 Å². The van der Waals surface area contributed by atoms with Crippen LogP contribution < -0.4 is 4.74 Å². The zero-order valence-electron chi connectivity index (χ0n) is 9.87. The molecule has 0 saturated carbocycles. The Labute approximate surface area is 123 Å². The van der Waals surface area contributed by atoms with Crippen molar-refractivity contribution in [1.82, 2.24) is 0 Å². The molecule has 19 heavy (non-hydrogen) atoms. The fourth-order valence-corrected chi connectivity index (χ4v) is 2.37. The minimum Gasteiger partial charge on any atom is -0.487 e. The highest BCUT2D eigenvalue weighted by atomic mass is 79.9. The summed E-state index contributed by atoms with van der Waals surface area (Å²) in [6.45, 7) is -0.102. The lowest BCUT2D eigenvalue weighted by molar-refractivity contribution is 0.256. The van der Waals surface area contributed by atoms with E-state index >= 15 is 0 Å². The molecule has 0 atom stereocenters. The number of aliphatic hydroxyl groups excluding tert-OH is 1. The minimum atomic E-state index is -0.484. The van der Waals surface area contributed by atoms with E-state index < -0.39 is 5.82 Å². The lowest BCUT2D eigenvalue weighted by Gasteiger charge is -2.12. The maximum absolute atomic E-state index is 13.7. The lowest BCUT2D eigenvalue weighted by atomic mass is 10.2. The number of halogens is 3. The first-order chi connectivity index (χ1) is 9.13. The molecule has 0 spiro atoms. The molecule has 0 radical (unpaired) electrons. The Morgan fingerprint density at radius 1 is 1.16 bits per heavy atom. The van der Waals surface area contributed by atoms with Gasteiger partial charge >= 0.3 is 0 Å². The SMILES string of the molecule is OCc1cccc(Br)c1OCc1cccc(Cl)c1F. The number of ether oxygens (including phenoxy) is 1. The topological polar surface area (TPSA) is 29.5 Å². The average molecular weight is 346 g/mol. The van der Waals surface area contributed by atoms with Crippen molar-refractivity contribution in [3.63, 3.8) is 0 Å². The molecular formula is C14H11BrClFO2. The molecule has 2 nitrogen and oxygen atoms in total. The first kappa shape index (κ1) is 14.3. The molecule has 0 fully saturated rings. The zero-order chi connectivity index (χ0) is 13.8. The molecule has 0 heterocycles. The fraction of sp³-hybridized carbons (Fsp3) is 0.143. The van der Waals surface area contributed by atoms with Crippen LogP contribution in [0.4, 0.5) is 4.39 Å². The molecule has 0 amide bonds. The molecule has 0 bridgehead atoms. The normalized spacial score (nSPS) is 10.5. The van der Waals surface area contributed by atoms with Gasteiger partial charge in [-0.2, -0.15) is 0 Å². The molecule has 0 aliphatic heterocycles. The number of rotatable bonds is 4. The third-order valence-corrected chi connectivity index (χ3v) is 3.54. The van der Waals surface area contributed by atoms with Crippen LogP contribution in [0.15, 0.2) is 40.9 Å². The Morgan fingerprint density at radius 2 is 1.84 bits per heavy atom. The summed E-state index contributed by atoms with van der Waals surface area (Å²) in [6, 6.07) is 10.1. The summed E-state index contributed by atoms with van der Waals surface area (Å²) in [5.74, 6) is 0.0196. The summed E-state index contributed by atoms with van der Waals surface area (Å²) in [5, 5.41) is 9.31. The summed E-state index contributed by atoms with van der Waals surface area (Å²) in [7, 11) is 0. The van der Waals surface area contributed by atoms with Crippen LogP contribution >= 0.6 is 27.5 Å². The highest BCUT2D eigenvalue weighted by Gasteiger charge is 2.10. The predicted octanol–water partition coefficient (Wildman–Crippen LogP) is 4.31. The van der Waals surface area contributed by atoms with Crippen LogP contribution in [0.5, 0.6) is 5.75 Å². The number of hydrogen-bond donors (Lipinski definition) is 1. The van der Waals surface area contributed by atoms with E-state index in [2.05, 4.69) is 15.9 Å². The van der Waals surface area contributed by atoms with Crippen LogP contribution in [-0.4, -0.2) is 5.11 Å². The summed E-state index contributed by atoms with van der Waals surface area (Å²) < 4.78 is 20.0. The highest BCUT2D eigenvalue weighted by Crippen LogP contribution is 2.30. The Kier molecular flexibility index (Phi) is 4.80. The zero-order valence-corrected chi connectivity index (χ0v) is 12.2. The standard InChI is InChI=1S/C14H11BrClFO2/c15-11-5-1-3-9(7-18)14(11)19-8-10-4-2-6-12(16)13(10)17/h1-6,18H,7-8H2. The molecule has 2 aromatic rings. The van der Waals surface area contributed by atoms with Crippen molar-refractivity contribution < 1.29 is 14.2 Å². The monoisotopic (exact) mass is 344 g/mol. The summed E-state index contributed by atoms with van der Waals surface area (Å²) in [6.07, 6.45) is 0. The molecule has 1 N–H and O–H groups in total. The number of benzene rings is 2. The van der Waals surface area contributed by atoms with E-state index in [1.165, 1.54) is 6.07 Å². The molecule has 2 rings (SSSR count). The van der Waals surface area contributed by atoms with Crippen molar-refractivity contribution in [3.05, 3.63) is 62.8 Å². The third-order valence-electron chi connectivity index (χ3n) is 2.62. The van der Waals surface area contributed by atoms with Gasteiger partial charge in [0.15, 0.2) is 0 Å². The molecule has 0 saturated heterocycles. The van der Waals surface area contributed by atoms with Crippen LogP contribution in [0.25, 0.3) is 0 Å². The van der Waals surface area contributed by atoms with Gasteiger partial charge in [-0.25, -0.2) is 4.39 Å². The lowest BCUT2D eigenvalue weighted by Crippen LogP contribution is -2.02. The van der Waals surface area contributed by atoms with E-state index in [0.29, 0.717) is 21.3 Å². The molecule has 0 aliphatic carbocycles. The largest absolute Gasteiger partial charge is 0.487 e. The first-order valence-corrected chi connectivity index (χ1v) is 6.74. The Bertz CT molecular complexity index is 590. The quantitative estimate of drug-likeness (QED) is 0.894. The van der Waals surface area contributed by atoms with Gasteiger partial charge in [0.1, 0.15) is 18.2 Å². The van der Waals surface area contributed by atoms with E-state index in [1.54, 1.807) is 30.3 Å². The van der Waals surface area contributed by atoms with Crippen molar-refractivity contribution in [2.24, 2.45) is 0 Å².